The SMILES string of the molecule is COc1nc(C2CC2)sc1B(O)O. The number of thiazole rings is 1. The molecule has 2 rings (SSSR count). The van der Waals surface area contributed by atoms with E-state index in [1.165, 1.54) is 18.4 Å². The third-order valence-electron chi connectivity index (χ3n) is 1.99. The molecular formula is C7H10BNO3S. The maximum Gasteiger partial charge on any atom is 0.504 e. The lowest BCUT2D eigenvalue weighted by molar-refractivity contribution is 0.393. The van der Waals surface area contributed by atoms with Crippen LogP contribution in [0, 0.1) is 0 Å². The largest absolute Gasteiger partial charge is 0.504 e. The van der Waals surface area contributed by atoms with Crippen molar-refractivity contribution in [2.45, 2.75) is 18.8 Å². The van der Waals surface area contributed by atoms with Crippen molar-refractivity contribution in [2.24, 2.45) is 0 Å². The molecule has 1 aromatic heterocycles. The van der Waals surface area contributed by atoms with E-state index < -0.39 is 7.12 Å². The van der Waals surface area contributed by atoms with Crippen LogP contribution < -0.4 is 9.51 Å². The van der Waals surface area contributed by atoms with Gasteiger partial charge in [0.1, 0.15) is 0 Å². The normalized spacial score (nSPS) is 15.9. The molecule has 0 radical (unpaired) electrons. The van der Waals surface area contributed by atoms with Gasteiger partial charge in [-0.25, -0.2) is 4.98 Å². The van der Waals surface area contributed by atoms with E-state index >= 15 is 0 Å². The van der Waals surface area contributed by atoms with Crippen LogP contribution in [0.5, 0.6) is 5.88 Å². The van der Waals surface area contributed by atoms with Crippen LogP contribution in [-0.2, 0) is 0 Å². The first kappa shape index (κ1) is 8.99. The Morgan fingerprint density at radius 3 is 2.62 bits per heavy atom. The fourth-order valence-corrected chi connectivity index (χ4v) is 2.23. The van der Waals surface area contributed by atoms with Gasteiger partial charge in [0, 0.05) is 5.92 Å². The van der Waals surface area contributed by atoms with Crippen LogP contribution in [0.1, 0.15) is 23.8 Å². The topological polar surface area (TPSA) is 62.6 Å². The lowest BCUT2D eigenvalue weighted by Gasteiger charge is -1.96. The monoisotopic (exact) mass is 199 g/mol. The second-order valence-electron chi connectivity index (χ2n) is 3.07. The zero-order valence-corrected chi connectivity index (χ0v) is 8.04. The fraction of sp³-hybridized carbons (Fsp3) is 0.571. The second-order valence-corrected chi connectivity index (χ2v) is 4.14. The molecule has 0 amide bonds. The van der Waals surface area contributed by atoms with Gasteiger partial charge in [-0.1, -0.05) is 0 Å². The molecule has 1 fully saturated rings. The summed E-state index contributed by atoms with van der Waals surface area (Å²) < 4.78 is 5.35. The van der Waals surface area contributed by atoms with E-state index in [-0.39, 0.29) is 0 Å². The van der Waals surface area contributed by atoms with E-state index in [4.69, 9.17) is 14.8 Å². The van der Waals surface area contributed by atoms with E-state index in [9.17, 15) is 0 Å². The van der Waals surface area contributed by atoms with Gasteiger partial charge in [-0.3, -0.25) is 0 Å². The number of hydrogen-bond donors (Lipinski definition) is 2. The standard InChI is InChI=1S/C7H10BNO3S/c1-12-6-5(8(10)11)13-7(9-6)4-2-3-4/h4,10-11H,2-3H2,1H3. The summed E-state index contributed by atoms with van der Waals surface area (Å²) in [6, 6.07) is 0. The van der Waals surface area contributed by atoms with Crippen LogP contribution in [0.15, 0.2) is 0 Å². The molecule has 6 heteroatoms. The number of ether oxygens (including phenoxy) is 1. The van der Waals surface area contributed by atoms with Gasteiger partial charge in [0.25, 0.3) is 0 Å². The molecule has 70 valence electrons. The summed E-state index contributed by atoms with van der Waals surface area (Å²) in [6.45, 7) is 0. The van der Waals surface area contributed by atoms with Gasteiger partial charge in [-0.2, -0.15) is 0 Å². The Labute approximate surface area is 80.3 Å². The molecule has 1 aliphatic carbocycles. The predicted octanol–water partition coefficient (Wildman–Crippen LogP) is -0.291. The second kappa shape index (κ2) is 3.28. The molecule has 0 bridgehead atoms. The Bertz CT molecular complexity index is 311. The molecular weight excluding hydrogens is 189 g/mol. The maximum atomic E-state index is 9.00. The van der Waals surface area contributed by atoms with Gasteiger partial charge >= 0.3 is 7.12 Å². The van der Waals surface area contributed by atoms with Crippen molar-refractivity contribution < 1.29 is 14.8 Å². The van der Waals surface area contributed by atoms with Crippen molar-refractivity contribution in [3.63, 3.8) is 0 Å². The number of nitrogens with zero attached hydrogens (tertiary/aromatic N) is 1. The van der Waals surface area contributed by atoms with Gasteiger partial charge in [0.05, 0.1) is 16.9 Å². The van der Waals surface area contributed by atoms with Crippen LogP contribution >= 0.6 is 11.3 Å². The molecule has 0 saturated heterocycles. The highest BCUT2D eigenvalue weighted by Gasteiger charge is 2.31. The molecule has 13 heavy (non-hydrogen) atoms. The average molecular weight is 199 g/mol. The minimum atomic E-state index is -1.47. The number of methoxy groups -OCH3 is 1. The minimum Gasteiger partial charge on any atom is -0.481 e. The molecule has 1 aromatic rings. The lowest BCUT2D eigenvalue weighted by Crippen LogP contribution is -2.28. The summed E-state index contributed by atoms with van der Waals surface area (Å²) in [5.41, 5.74) is 0. The molecule has 0 aromatic carbocycles. The fourth-order valence-electron chi connectivity index (χ4n) is 1.15. The van der Waals surface area contributed by atoms with E-state index in [1.807, 2.05) is 0 Å². The summed E-state index contributed by atoms with van der Waals surface area (Å²) in [7, 11) is 0.0115. The van der Waals surface area contributed by atoms with Gasteiger partial charge in [-0.05, 0) is 12.8 Å². The van der Waals surface area contributed by atoms with Crippen LogP contribution in [-0.4, -0.2) is 29.3 Å². The summed E-state index contributed by atoms with van der Waals surface area (Å²) >= 11 is 1.33. The smallest absolute Gasteiger partial charge is 0.481 e. The highest BCUT2D eigenvalue weighted by molar-refractivity contribution is 7.22. The van der Waals surface area contributed by atoms with Crippen LogP contribution in [0.2, 0.25) is 0 Å². The number of rotatable bonds is 3. The van der Waals surface area contributed by atoms with Crippen molar-refractivity contribution in [1.82, 2.24) is 4.98 Å². The molecule has 0 atom stereocenters. The Kier molecular flexibility index (Phi) is 2.27. The van der Waals surface area contributed by atoms with E-state index in [1.54, 1.807) is 0 Å². The van der Waals surface area contributed by atoms with E-state index in [0.29, 0.717) is 16.6 Å². The maximum absolute atomic E-state index is 9.00. The molecule has 1 aliphatic rings. The molecule has 0 aliphatic heterocycles. The molecule has 1 heterocycles. The van der Waals surface area contributed by atoms with Crippen molar-refractivity contribution in [3.05, 3.63) is 5.01 Å². The first-order chi connectivity index (χ1) is 6.22. The molecule has 1 saturated carbocycles. The Morgan fingerprint density at radius 2 is 2.23 bits per heavy atom. The van der Waals surface area contributed by atoms with Crippen molar-refractivity contribution >= 4 is 23.2 Å². The van der Waals surface area contributed by atoms with E-state index in [0.717, 1.165) is 17.8 Å². The Hall–Kier alpha value is -0.585. The summed E-state index contributed by atoms with van der Waals surface area (Å²) in [4.78, 5) is 4.19. The van der Waals surface area contributed by atoms with Gasteiger partial charge < -0.3 is 14.8 Å². The highest BCUT2D eigenvalue weighted by Crippen LogP contribution is 2.41. The summed E-state index contributed by atoms with van der Waals surface area (Å²) in [5.74, 6) is 0.869. The van der Waals surface area contributed by atoms with Crippen LogP contribution in [0.25, 0.3) is 0 Å². The lowest BCUT2D eigenvalue weighted by atomic mass is 9.90. The van der Waals surface area contributed by atoms with Crippen molar-refractivity contribution in [2.75, 3.05) is 7.11 Å². The first-order valence-electron chi connectivity index (χ1n) is 4.13. The van der Waals surface area contributed by atoms with Crippen molar-refractivity contribution in [3.8, 4) is 5.88 Å². The van der Waals surface area contributed by atoms with Gasteiger partial charge in [-0.15, -0.1) is 11.3 Å². The van der Waals surface area contributed by atoms with Crippen LogP contribution in [0.3, 0.4) is 0 Å². The Morgan fingerprint density at radius 1 is 1.54 bits per heavy atom. The molecule has 4 nitrogen and oxygen atoms in total. The third-order valence-corrected chi connectivity index (χ3v) is 3.23. The third kappa shape index (κ3) is 1.70. The van der Waals surface area contributed by atoms with Crippen LogP contribution in [0.4, 0.5) is 0 Å². The highest BCUT2D eigenvalue weighted by atomic mass is 32.1. The van der Waals surface area contributed by atoms with Gasteiger partial charge in [0.15, 0.2) is 0 Å². The zero-order valence-electron chi connectivity index (χ0n) is 7.23. The summed E-state index contributed by atoms with van der Waals surface area (Å²) in [5, 5.41) is 19.0. The molecule has 0 spiro atoms. The number of aromatic nitrogens is 1. The number of hydrogen-bond acceptors (Lipinski definition) is 5. The minimum absolute atomic E-state index is 0.349. The Balaban J connectivity index is 2.30. The predicted molar refractivity (Wildman–Crippen MR) is 50.5 cm³/mol. The van der Waals surface area contributed by atoms with Crippen molar-refractivity contribution in [1.29, 1.82) is 0 Å². The summed E-state index contributed by atoms with van der Waals surface area (Å²) in [6.07, 6.45) is 2.30. The quantitative estimate of drug-likeness (QED) is 0.656. The first-order valence-corrected chi connectivity index (χ1v) is 4.94. The molecule has 0 unspecified atom stereocenters. The average Bonchev–Trinajstić information content (AvgIpc) is 2.84. The zero-order chi connectivity index (χ0) is 9.42. The van der Waals surface area contributed by atoms with E-state index in [2.05, 4.69) is 4.98 Å². The van der Waals surface area contributed by atoms with Gasteiger partial charge in [0.2, 0.25) is 5.88 Å². The molecule has 2 N–H and O–H groups in total.